The molecule has 2 rings (SSSR count). The van der Waals surface area contributed by atoms with Gasteiger partial charge in [-0.15, -0.1) is 0 Å². The number of benzene rings is 1. The molecule has 0 atom stereocenters. The highest BCUT2D eigenvalue weighted by atomic mass is 16.7. The van der Waals surface area contributed by atoms with Crippen LogP contribution in [-0.2, 0) is 4.79 Å². The van der Waals surface area contributed by atoms with Gasteiger partial charge in [0.15, 0.2) is 11.5 Å². The molecule has 1 aliphatic rings. The van der Waals surface area contributed by atoms with Crippen LogP contribution in [0, 0.1) is 22.7 Å². The molecule has 0 radical (unpaired) electrons. The number of fused-ring (bicyclic) bond motifs is 1. The molecule has 0 saturated carbocycles. The van der Waals surface area contributed by atoms with Crippen molar-refractivity contribution in [3.8, 4) is 23.6 Å². The van der Waals surface area contributed by atoms with E-state index in [0.29, 0.717) is 17.2 Å². The van der Waals surface area contributed by atoms with E-state index in [9.17, 15) is 4.79 Å². The van der Waals surface area contributed by atoms with Crippen LogP contribution in [0.1, 0.15) is 12.0 Å². The van der Waals surface area contributed by atoms with Crippen LogP contribution in [0.15, 0.2) is 12.1 Å². The molecule has 0 spiro atoms. The summed E-state index contributed by atoms with van der Waals surface area (Å²) in [5, 5.41) is 19.8. The van der Waals surface area contributed by atoms with Crippen LogP contribution in [0.4, 0.5) is 5.69 Å². The zero-order valence-electron chi connectivity index (χ0n) is 8.69. The maximum Gasteiger partial charge on any atom is 0.238 e. The molecule has 0 bridgehead atoms. The lowest BCUT2D eigenvalue weighted by molar-refractivity contribution is -0.115. The standard InChI is InChI=1S/C11H7N3O3/c12-2-1-11(15)14-8-4-10-9(16-6-17-10)3-7(8)5-13/h3-4H,1,6H2,(H,14,15). The van der Waals surface area contributed by atoms with Gasteiger partial charge in [-0.25, -0.2) is 0 Å². The van der Waals surface area contributed by atoms with Crippen molar-refractivity contribution in [1.82, 2.24) is 0 Å². The molecular weight excluding hydrogens is 222 g/mol. The predicted octanol–water partition coefficient (Wildman–Crippen LogP) is 1.14. The van der Waals surface area contributed by atoms with Gasteiger partial charge in [0.05, 0.1) is 17.3 Å². The smallest absolute Gasteiger partial charge is 0.238 e. The van der Waals surface area contributed by atoms with Gasteiger partial charge in [0, 0.05) is 12.1 Å². The molecule has 0 saturated heterocycles. The molecule has 17 heavy (non-hydrogen) atoms. The summed E-state index contributed by atoms with van der Waals surface area (Å²) in [5.41, 5.74) is 0.581. The quantitative estimate of drug-likeness (QED) is 0.820. The lowest BCUT2D eigenvalue weighted by atomic mass is 10.1. The Bertz CT molecular complexity index is 554. The number of hydrogen-bond acceptors (Lipinski definition) is 5. The van der Waals surface area contributed by atoms with Gasteiger partial charge in [0.25, 0.3) is 0 Å². The third-order valence-corrected chi connectivity index (χ3v) is 2.15. The van der Waals surface area contributed by atoms with Gasteiger partial charge in [0.1, 0.15) is 12.5 Å². The number of carbonyl (C=O) groups excluding carboxylic acids is 1. The number of nitriles is 2. The summed E-state index contributed by atoms with van der Waals surface area (Å²) < 4.78 is 10.2. The third kappa shape index (κ3) is 2.11. The Hall–Kier alpha value is -2.73. The fourth-order valence-corrected chi connectivity index (χ4v) is 1.40. The fourth-order valence-electron chi connectivity index (χ4n) is 1.40. The zero-order valence-corrected chi connectivity index (χ0v) is 8.69. The summed E-state index contributed by atoms with van der Waals surface area (Å²) in [4.78, 5) is 11.3. The van der Waals surface area contributed by atoms with E-state index in [4.69, 9.17) is 20.0 Å². The first kappa shape index (κ1) is 10.8. The van der Waals surface area contributed by atoms with Gasteiger partial charge in [0.2, 0.25) is 12.7 Å². The molecule has 1 aromatic carbocycles. The molecule has 6 heteroatoms. The summed E-state index contributed by atoms with van der Waals surface area (Å²) in [6, 6.07) is 6.67. The normalized spacial score (nSPS) is 11.4. The second kappa shape index (κ2) is 4.42. The number of nitrogens with zero attached hydrogens (tertiary/aromatic N) is 2. The number of nitrogens with one attached hydrogen (secondary N) is 1. The van der Waals surface area contributed by atoms with E-state index in [0.717, 1.165) is 0 Å². The van der Waals surface area contributed by atoms with Crippen molar-refractivity contribution in [2.45, 2.75) is 6.42 Å². The Kier molecular flexibility index (Phi) is 2.80. The molecular formula is C11H7N3O3. The maximum absolute atomic E-state index is 11.3. The Morgan fingerprint density at radius 2 is 2.06 bits per heavy atom. The molecule has 1 aliphatic heterocycles. The van der Waals surface area contributed by atoms with Crippen LogP contribution in [0.25, 0.3) is 0 Å². The lowest BCUT2D eigenvalue weighted by Gasteiger charge is -2.06. The van der Waals surface area contributed by atoms with Crippen LogP contribution < -0.4 is 14.8 Å². The van der Waals surface area contributed by atoms with Gasteiger partial charge in [-0.05, 0) is 0 Å². The van der Waals surface area contributed by atoms with E-state index in [1.165, 1.54) is 12.1 Å². The minimum absolute atomic E-state index is 0.0931. The van der Waals surface area contributed by atoms with Crippen LogP contribution in [-0.4, -0.2) is 12.7 Å². The van der Waals surface area contributed by atoms with Crippen molar-refractivity contribution in [2.24, 2.45) is 0 Å². The third-order valence-electron chi connectivity index (χ3n) is 2.15. The molecule has 1 amide bonds. The molecule has 0 aromatic heterocycles. The zero-order chi connectivity index (χ0) is 12.3. The van der Waals surface area contributed by atoms with Gasteiger partial charge < -0.3 is 14.8 Å². The first-order valence-electron chi connectivity index (χ1n) is 4.75. The van der Waals surface area contributed by atoms with Crippen molar-refractivity contribution < 1.29 is 14.3 Å². The van der Waals surface area contributed by atoms with Crippen LogP contribution in [0.2, 0.25) is 0 Å². The second-order valence-corrected chi connectivity index (χ2v) is 3.25. The van der Waals surface area contributed by atoms with E-state index in [1.54, 1.807) is 6.07 Å². The number of carbonyl (C=O) groups is 1. The molecule has 1 heterocycles. The minimum Gasteiger partial charge on any atom is -0.454 e. The SMILES string of the molecule is N#CCC(=O)Nc1cc2c(cc1C#N)OCO2. The predicted molar refractivity (Wildman–Crippen MR) is 56.1 cm³/mol. The second-order valence-electron chi connectivity index (χ2n) is 3.25. The number of hydrogen-bond donors (Lipinski definition) is 1. The van der Waals surface area contributed by atoms with Crippen molar-refractivity contribution in [3.63, 3.8) is 0 Å². The van der Waals surface area contributed by atoms with Crippen LogP contribution >= 0.6 is 0 Å². The molecule has 0 aliphatic carbocycles. The number of amides is 1. The van der Waals surface area contributed by atoms with Gasteiger partial charge in [-0.3, -0.25) is 4.79 Å². The van der Waals surface area contributed by atoms with E-state index in [-0.39, 0.29) is 18.8 Å². The maximum atomic E-state index is 11.3. The first-order valence-corrected chi connectivity index (χ1v) is 4.75. The highest BCUT2D eigenvalue weighted by molar-refractivity contribution is 5.93. The van der Waals surface area contributed by atoms with Gasteiger partial charge in [-0.2, -0.15) is 10.5 Å². The minimum atomic E-state index is -0.470. The van der Waals surface area contributed by atoms with E-state index in [2.05, 4.69) is 5.32 Å². The summed E-state index contributed by atoms with van der Waals surface area (Å²) in [5.74, 6) is 0.471. The molecule has 0 unspecified atom stereocenters. The molecule has 1 N–H and O–H groups in total. The highest BCUT2D eigenvalue weighted by Crippen LogP contribution is 2.36. The molecule has 6 nitrogen and oxygen atoms in total. The average Bonchev–Trinajstić information content (AvgIpc) is 2.75. The van der Waals surface area contributed by atoms with Gasteiger partial charge >= 0.3 is 0 Å². The average molecular weight is 229 g/mol. The summed E-state index contributed by atoms with van der Waals surface area (Å²) in [7, 11) is 0. The largest absolute Gasteiger partial charge is 0.454 e. The Balaban J connectivity index is 2.31. The summed E-state index contributed by atoms with van der Waals surface area (Å²) >= 11 is 0. The Morgan fingerprint density at radius 3 is 2.71 bits per heavy atom. The topological polar surface area (TPSA) is 95.1 Å². The van der Waals surface area contributed by atoms with Crippen molar-refractivity contribution >= 4 is 11.6 Å². The van der Waals surface area contributed by atoms with Crippen molar-refractivity contribution in [3.05, 3.63) is 17.7 Å². The lowest BCUT2D eigenvalue weighted by Crippen LogP contribution is -2.11. The summed E-state index contributed by atoms with van der Waals surface area (Å²) in [6.45, 7) is 0.0931. The highest BCUT2D eigenvalue weighted by Gasteiger charge is 2.18. The van der Waals surface area contributed by atoms with E-state index in [1.807, 2.05) is 6.07 Å². The molecule has 0 fully saturated rings. The Morgan fingerprint density at radius 1 is 1.35 bits per heavy atom. The van der Waals surface area contributed by atoms with E-state index < -0.39 is 5.91 Å². The van der Waals surface area contributed by atoms with Crippen LogP contribution in [0.3, 0.4) is 0 Å². The van der Waals surface area contributed by atoms with Crippen LogP contribution in [0.5, 0.6) is 11.5 Å². The number of ether oxygens (including phenoxy) is 2. The van der Waals surface area contributed by atoms with Crippen molar-refractivity contribution in [1.29, 1.82) is 10.5 Å². The molecule has 1 aromatic rings. The number of anilines is 1. The fraction of sp³-hybridized carbons (Fsp3) is 0.182. The number of rotatable bonds is 2. The van der Waals surface area contributed by atoms with E-state index >= 15 is 0 Å². The molecule has 84 valence electrons. The first-order chi connectivity index (χ1) is 8.24. The Labute approximate surface area is 97.0 Å². The monoisotopic (exact) mass is 229 g/mol. The van der Waals surface area contributed by atoms with Crippen molar-refractivity contribution in [2.75, 3.05) is 12.1 Å². The van der Waals surface area contributed by atoms with Gasteiger partial charge in [-0.1, -0.05) is 0 Å². The summed E-state index contributed by atoms with van der Waals surface area (Å²) in [6.07, 6.45) is -0.265.